The third-order valence-electron chi connectivity index (χ3n) is 4.53. The first kappa shape index (κ1) is 18.1. The molecular weight excluding hydrogens is 304 g/mol. The van der Waals surface area contributed by atoms with Crippen molar-refractivity contribution in [3.05, 3.63) is 75.8 Å². The summed E-state index contributed by atoms with van der Waals surface area (Å²) < 4.78 is 0. The second-order valence-corrected chi connectivity index (χ2v) is 6.34. The zero-order valence-corrected chi connectivity index (χ0v) is 14.2. The molecule has 24 heavy (non-hydrogen) atoms. The van der Waals surface area contributed by atoms with Crippen molar-refractivity contribution in [3.8, 4) is 0 Å². The maximum atomic E-state index is 10.8. The number of nitro groups is 1. The summed E-state index contributed by atoms with van der Waals surface area (Å²) in [5.41, 5.74) is 1.93. The fourth-order valence-electron chi connectivity index (χ4n) is 2.74. The van der Waals surface area contributed by atoms with Gasteiger partial charge in [0.1, 0.15) is 12.6 Å². The minimum atomic E-state index is -0.705. The number of quaternary nitrogens is 1. The Morgan fingerprint density at radius 3 is 2.54 bits per heavy atom. The number of aliphatic hydroxyl groups excluding tert-OH is 1. The molecular formula is C19H25N2O3+. The van der Waals surface area contributed by atoms with Gasteiger partial charge in [0.15, 0.2) is 0 Å². The number of aliphatic hydroxyl groups is 1. The van der Waals surface area contributed by atoms with Gasteiger partial charge in [-0.15, -0.1) is 0 Å². The Balaban J connectivity index is 1.89. The molecule has 0 saturated carbocycles. The van der Waals surface area contributed by atoms with Crippen LogP contribution < -0.4 is 4.90 Å². The molecule has 0 fully saturated rings. The van der Waals surface area contributed by atoms with Crippen LogP contribution in [0.1, 0.15) is 30.6 Å². The van der Waals surface area contributed by atoms with E-state index < -0.39 is 11.0 Å². The molecule has 0 aliphatic carbocycles. The molecule has 5 heteroatoms. The number of rotatable bonds is 8. The van der Waals surface area contributed by atoms with Crippen LogP contribution in [0.4, 0.5) is 5.69 Å². The van der Waals surface area contributed by atoms with Crippen LogP contribution in [-0.2, 0) is 6.42 Å². The number of non-ortho nitro benzene ring substituents is 1. The van der Waals surface area contributed by atoms with Crippen molar-refractivity contribution in [1.29, 1.82) is 0 Å². The average molecular weight is 329 g/mol. The Morgan fingerprint density at radius 1 is 1.17 bits per heavy atom. The number of hydrogen-bond donors (Lipinski definition) is 2. The number of nitro benzene ring substituents is 1. The Hall–Kier alpha value is -2.24. The van der Waals surface area contributed by atoms with Gasteiger partial charge in [-0.1, -0.05) is 42.5 Å². The van der Waals surface area contributed by atoms with Crippen LogP contribution in [-0.4, -0.2) is 29.7 Å². The molecule has 0 bridgehead atoms. The van der Waals surface area contributed by atoms with E-state index in [1.807, 2.05) is 18.2 Å². The third-order valence-corrected chi connectivity index (χ3v) is 4.53. The lowest BCUT2D eigenvalue weighted by molar-refractivity contribution is -0.908. The first-order chi connectivity index (χ1) is 11.5. The molecule has 1 unspecified atom stereocenters. The summed E-state index contributed by atoms with van der Waals surface area (Å²) in [6.45, 7) is 2.69. The van der Waals surface area contributed by atoms with Crippen molar-refractivity contribution in [1.82, 2.24) is 0 Å². The number of aryl methyl sites for hydroxylation is 1. The molecule has 2 aromatic rings. The van der Waals surface area contributed by atoms with E-state index in [0.29, 0.717) is 18.2 Å². The maximum absolute atomic E-state index is 10.8. The van der Waals surface area contributed by atoms with Crippen LogP contribution in [0, 0.1) is 10.1 Å². The second-order valence-electron chi connectivity index (χ2n) is 6.34. The standard InChI is InChI=1S/C19H24N2O3/c1-15(11-12-16-7-4-3-5-8-16)20(2)14-19(22)17-9-6-10-18(13-17)21(23)24/h3-10,13,15,19,22H,11-12,14H2,1-2H3/p+1/t15-,19-/m1/s1. The zero-order valence-electron chi connectivity index (χ0n) is 14.2. The predicted octanol–water partition coefficient (Wildman–Crippen LogP) is 2.16. The normalized spacial score (nSPS) is 14.8. The number of benzene rings is 2. The summed E-state index contributed by atoms with van der Waals surface area (Å²) in [5, 5.41) is 21.2. The lowest BCUT2D eigenvalue weighted by atomic mass is 10.0. The molecule has 0 spiro atoms. The fraction of sp³-hybridized carbons (Fsp3) is 0.368. The molecule has 0 heterocycles. The van der Waals surface area contributed by atoms with E-state index in [2.05, 4.69) is 26.1 Å². The fourth-order valence-corrected chi connectivity index (χ4v) is 2.74. The number of likely N-dealkylation sites (N-methyl/N-ethyl adjacent to an activating group) is 1. The van der Waals surface area contributed by atoms with Crippen molar-refractivity contribution in [2.45, 2.75) is 31.9 Å². The van der Waals surface area contributed by atoms with Gasteiger partial charge in [0, 0.05) is 18.6 Å². The minimum absolute atomic E-state index is 0.0151. The highest BCUT2D eigenvalue weighted by molar-refractivity contribution is 5.35. The number of hydrogen-bond acceptors (Lipinski definition) is 3. The van der Waals surface area contributed by atoms with Crippen LogP contribution in [0.5, 0.6) is 0 Å². The van der Waals surface area contributed by atoms with Crippen LogP contribution in [0.25, 0.3) is 0 Å². The minimum Gasteiger partial charge on any atom is -0.382 e. The number of nitrogens with zero attached hydrogens (tertiary/aromatic N) is 1. The van der Waals surface area contributed by atoms with E-state index >= 15 is 0 Å². The van der Waals surface area contributed by atoms with Gasteiger partial charge in [-0.2, -0.15) is 0 Å². The topological polar surface area (TPSA) is 67.8 Å². The second kappa shape index (κ2) is 8.57. The Labute approximate surface area is 142 Å². The third kappa shape index (κ3) is 5.15. The zero-order chi connectivity index (χ0) is 17.5. The molecule has 128 valence electrons. The molecule has 0 aliphatic rings. The summed E-state index contributed by atoms with van der Waals surface area (Å²) in [6.07, 6.45) is 1.33. The van der Waals surface area contributed by atoms with Crippen LogP contribution in [0.2, 0.25) is 0 Å². The van der Waals surface area contributed by atoms with Crippen molar-refractivity contribution in [2.24, 2.45) is 0 Å². The molecule has 0 aromatic heterocycles. The van der Waals surface area contributed by atoms with Crippen molar-refractivity contribution in [2.75, 3.05) is 13.6 Å². The molecule has 2 rings (SSSR count). The molecule has 2 aromatic carbocycles. The highest BCUT2D eigenvalue weighted by atomic mass is 16.6. The van der Waals surface area contributed by atoms with Crippen LogP contribution >= 0.6 is 0 Å². The quantitative estimate of drug-likeness (QED) is 0.576. The van der Waals surface area contributed by atoms with Gasteiger partial charge in [-0.05, 0) is 24.5 Å². The molecule has 0 aliphatic heterocycles. The summed E-state index contributed by atoms with van der Waals surface area (Å²) in [6, 6.07) is 17.0. The Morgan fingerprint density at radius 2 is 1.88 bits per heavy atom. The van der Waals surface area contributed by atoms with E-state index in [1.165, 1.54) is 22.6 Å². The first-order valence-corrected chi connectivity index (χ1v) is 8.26. The van der Waals surface area contributed by atoms with E-state index in [0.717, 1.165) is 12.8 Å². The Kier molecular flexibility index (Phi) is 6.46. The monoisotopic (exact) mass is 329 g/mol. The average Bonchev–Trinajstić information content (AvgIpc) is 2.60. The summed E-state index contributed by atoms with van der Waals surface area (Å²) in [7, 11) is 2.05. The molecule has 2 N–H and O–H groups in total. The van der Waals surface area contributed by atoms with Gasteiger partial charge in [0.05, 0.1) is 18.0 Å². The lowest BCUT2D eigenvalue weighted by Crippen LogP contribution is -3.13. The molecule has 0 radical (unpaired) electrons. The van der Waals surface area contributed by atoms with Gasteiger partial charge in [0.25, 0.3) is 5.69 Å². The number of nitrogens with one attached hydrogen (secondary N) is 1. The molecule has 3 atom stereocenters. The molecule has 5 nitrogen and oxygen atoms in total. The van der Waals surface area contributed by atoms with Gasteiger partial charge in [-0.3, -0.25) is 10.1 Å². The summed E-state index contributed by atoms with van der Waals surface area (Å²) >= 11 is 0. The van der Waals surface area contributed by atoms with Crippen molar-refractivity contribution < 1.29 is 14.9 Å². The van der Waals surface area contributed by atoms with Gasteiger partial charge in [-0.25, -0.2) is 0 Å². The van der Waals surface area contributed by atoms with E-state index in [-0.39, 0.29) is 5.69 Å². The van der Waals surface area contributed by atoms with E-state index in [4.69, 9.17) is 0 Å². The van der Waals surface area contributed by atoms with Crippen LogP contribution in [0.15, 0.2) is 54.6 Å². The maximum Gasteiger partial charge on any atom is 0.269 e. The van der Waals surface area contributed by atoms with Crippen molar-refractivity contribution in [3.63, 3.8) is 0 Å². The molecule has 0 saturated heterocycles. The van der Waals surface area contributed by atoms with E-state index in [1.54, 1.807) is 12.1 Å². The first-order valence-electron chi connectivity index (χ1n) is 8.26. The summed E-state index contributed by atoms with van der Waals surface area (Å²) in [4.78, 5) is 11.6. The smallest absolute Gasteiger partial charge is 0.269 e. The van der Waals surface area contributed by atoms with Crippen LogP contribution in [0.3, 0.4) is 0 Å². The van der Waals surface area contributed by atoms with Gasteiger partial charge in [0.2, 0.25) is 0 Å². The lowest BCUT2D eigenvalue weighted by Gasteiger charge is -2.24. The molecule has 0 amide bonds. The highest BCUT2D eigenvalue weighted by Crippen LogP contribution is 2.18. The highest BCUT2D eigenvalue weighted by Gasteiger charge is 2.20. The largest absolute Gasteiger partial charge is 0.382 e. The SMILES string of the molecule is C[C@H](CCc1ccccc1)[NH+](C)C[C@@H](O)c1cccc([N+](=O)[O-])c1. The van der Waals surface area contributed by atoms with E-state index in [9.17, 15) is 15.2 Å². The summed E-state index contributed by atoms with van der Waals surface area (Å²) in [5.74, 6) is 0. The van der Waals surface area contributed by atoms with Crippen molar-refractivity contribution >= 4 is 5.69 Å². The van der Waals surface area contributed by atoms with Gasteiger partial charge < -0.3 is 10.0 Å². The predicted molar refractivity (Wildman–Crippen MR) is 94.0 cm³/mol. The van der Waals surface area contributed by atoms with Gasteiger partial charge >= 0.3 is 0 Å². The Bertz CT molecular complexity index is 661.